The second-order valence-corrected chi connectivity index (χ2v) is 7.42. The van der Waals surface area contributed by atoms with Gasteiger partial charge in [0.05, 0.1) is 11.2 Å². The van der Waals surface area contributed by atoms with E-state index in [9.17, 15) is 8.42 Å². The lowest BCUT2D eigenvalue weighted by atomic mass is 10.5. The molecule has 92 valence electrons. The summed E-state index contributed by atoms with van der Waals surface area (Å²) in [6, 6.07) is 0. The molecule has 1 aromatic heterocycles. The van der Waals surface area contributed by atoms with Gasteiger partial charge in [-0.25, -0.2) is 8.42 Å². The zero-order valence-electron chi connectivity index (χ0n) is 9.18. The highest BCUT2D eigenvalue weighted by molar-refractivity contribution is 9.09. The molecule has 1 unspecified atom stereocenters. The van der Waals surface area contributed by atoms with Crippen LogP contribution in [-0.2, 0) is 17.1 Å². The molecular formula is C8H13BrClN3O2S. The molecule has 0 saturated heterocycles. The second-order valence-electron chi connectivity index (χ2n) is 3.49. The van der Waals surface area contributed by atoms with Crippen LogP contribution < -0.4 is 0 Å². The molecule has 0 aliphatic rings. The van der Waals surface area contributed by atoms with Crippen molar-refractivity contribution in [3.05, 3.63) is 11.2 Å². The van der Waals surface area contributed by atoms with Gasteiger partial charge in [0.2, 0.25) is 0 Å². The maximum Gasteiger partial charge on any atom is 0.261 e. The molecule has 5 nitrogen and oxygen atoms in total. The standard InChI is InChI=1S/C8H13BrClN3O2S/c1-6(9)5-12(2)16(14,15)8-7(10)4-11-13(8)3/h4,6H,5H2,1-3H3. The van der Waals surface area contributed by atoms with Gasteiger partial charge in [0.1, 0.15) is 0 Å². The Morgan fingerprint density at radius 3 is 2.62 bits per heavy atom. The van der Waals surface area contributed by atoms with Crippen molar-refractivity contribution in [3.63, 3.8) is 0 Å². The van der Waals surface area contributed by atoms with Crippen molar-refractivity contribution in [2.24, 2.45) is 7.05 Å². The first-order chi connectivity index (χ1) is 7.26. The highest BCUT2D eigenvalue weighted by Gasteiger charge is 2.27. The van der Waals surface area contributed by atoms with Gasteiger partial charge in [0.25, 0.3) is 10.0 Å². The smallest absolute Gasteiger partial charge is 0.255 e. The summed E-state index contributed by atoms with van der Waals surface area (Å²) in [6.07, 6.45) is 1.32. The lowest BCUT2D eigenvalue weighted by molar-refractivity contribution is 0.464. The van der Waals surface area contributed by atoms with E-state index >= 15 is 0 Å². The van der Waals surface area contributed by atoms with E-state index in [0.717, 1.165) is 0 Å². The molecule has 8 heteroatoms. The van der Waals surface area contributed by atoms with Crippen molar-refractivity contribution < 1.29 is 8.42 Å². The van der Waals surface area contributed by atoms with E-state index in [0.29, 0.717) is 6.54 Å². The molecule has 1 atom stereocenters. The molecule has 1 rings (SSSR count). The van der Waals surface area contributed by atoms with E-state index in [2.05, 4.69) is 21.0 Å². The van der Waals surface area contributed by atoms with Gasteiger partial charge in [-0.15, -0.1) is 0 Å². The van der Waals surface area contributed by atoms with Crippen LogP contribution >= 0.6 is 27.5 Å². The Kier molecular flexibility index (Phi) is 4.39. The molecule has 0 aliphatic heterocycles. The number of halogens is 2. The molecule has 0 aliphatic carbocycles. The Morgan fingerprint density at radius 2 is 2.25 bits per heavy atom. The highest BCUT2D eigenvalue weighted by atomic mass is 79.9. The van der Waals surface area contributed by atoms with Crippen LogP contribution in [0.3, 0.4) is 0 Å². The van der Waals surface area contributed by atoms with Crippen molar-refractivity contribution in [2.45, 2.75) is 16.8 Å². The first kappa shape index (κ1) is 14.0. The van der Waals surface area contributed by atoms with Crippen LogP contribution in [0.15, 0.2) is 11.2 Å². The monoisotopic (exact) mass is 329 g/mol. The third-order valence-corrected chi connectivity index (χ3v) is 4.63. The predicted molar refractivity (Wildman–Crippen MR) is 66.4 cm³/mol. The zero-order chi connectivity index (χ0) is 12.5. The van der Waals surface area contributed by atoms with Crippen LogP contribution in [0, 0.1) is 0 Å². The Labute approximate surface area is 109 Å². The highest BCUT2D eigenvalue weighted by Crippen LogP contribution is 2.23. The fourth-order valence-electron chi connectivity index (χ4n) is 1.29. The molecule has 0 fully saturated rings. The SMILES string of the molecule is CC(Br)CN(C)S(=O)(=O)c1c(Cl)cnn1C. The molecule has 0 bridgehead atoms. The van der Waals surface area contributed by atoms with E-state index in [4.69, 9.17) is 11.6 Å². The third-order valence-electron chi connectivity index (χ3n) is 2.01. The molecular weight excluding hydrogens is 318 g/mol. The van der Waals surface area contributed by atoms with E-state index in [1.54, 1.807) is 7.05 Å². The number of rotatable bonds is 4. The predicted octanol–water partition coefficient (Wildman–Crippen LogP) is 1.48. The third kappa shape index (κ3) is 2.77. The average molecular weight is 331 g/mol. The summed E-state index contributed by atoms with van der Waals surface area (Å²) in [5, 5.41) is 3.97. The van der Waals surface area contributed by atoms with Crippen molar-refractivity contribution in [2.75, 3.05) is 13.6 Å². The average Bonchev–Trinajstić information content (AvgIpc) is 2.45. The minimum atomic E-state index is -3.58. The van der Waals surface area contributed by atoms with Crippen LogP contribution in [0.4, 0.5) is 0 Å². The molecule has 1 heterocycles. The summed E-state index contributed by atoms with van der Waals surface area (Å²) >= 11 is 9.12. The van der Waals surface area contributed by atoms with Crippen molar-refractivity contribution in [1.82, 2.24) is 14.1 Å². The number of aromatic nitrogens is 2. The molecule has 0 radical (unpaired) electrons. The number of aryl methyl sites for hydroxylation is 1. The second kappa shape index (κ2) is 5.03. The van der Waals surface area contributed by atoms with Gasteiger partial charge in [-0.2, -0.15) is 9.40 Å². The quantitative estimate of drug-likeness (QED) is 0.786. The lowest BCUT2D eigenvalue weighted by Gasteiger charge is -2.18. The number of hydrogen-bond donors (Lipinski definition) is 0. The fraction of sp³-hybridized carbons (Fsp3) is 0.625. The van der Waals surface area contributed by atoms with Crippen molar-refractivity contribution in [1.29, 1.82) is 0 Å². The summed E-state index contributed by atoms with van der Waals surface area (Å²) in [5.41, 5.74) is 0. The van der Waals surface area contributed by atoms with E-state index in [1.807, 2.05) is 6.92 Å². The molecule has 0 spiro atoms. The summed E-state index contributed by atoms with van der Waals surface area (Å²) < 4.78 is 26.8. The van der Waals surface area contributed by atoms with Gasteiger partial charge in [-0.05, 0) is 0 Å². The van der Waals surface area contributed by atoms with Gasteiger partial charge in [-0.1, -0.05) is 34.5 Å². The van der Waals surface area contributed by atoms with E-state index in [-0.39, 0.29) is 14.9 Å². The molecule has 0 saturated carbocycles. The van der Waals surface area contributed by atoms with E-state index < -0.39 is 10.0 Å². The Morgan fingerprint density at radius 1 is 1.69 bits per heavy atom. The van der Waals surface area contributed by atoms with Gasteiger partial charge < -0.3 is 0 Å². The van der Waals surface area contributed by atoms with Gasteiger partial charge >= 0.3 is 0 Å². The normalized spacial score (nSPS) is 14.4. The molecule has 1 aromatic rings. The number of hydrogen-bond acceptors (Lipinski definition) is 3. The van der Waals surface area contributed by atoms with Gasteiger partial charge in [0.15, 0.2) is 5.03 Å². The summed E-state index contributed by atoms with van der Waals surface area (Å²) in [7, 11) is -0.524. The Hall–Kier alpha value is -0.110. The first-order valence-corrected chi connectivity index (χ1v) is 7.28. The number of sulfonamides is 1. The zero-order valence-corrected chi connectivity index (χ0v) is 12.3. The minimum Gasteiger partial charge on any atom is -0.255 e. The Bertz CT molecular complexity index is 452. The van der Waals surface area contributed by atoms with Crippen LogP contribution in [-0.4, -0.2) is 40.9 Å². The van der Waals surface area contributed by atoms with E-state index in [1.165, 1.54) is 22.2 Å². The fourth-order valence-corrected chi connectivity index (χ4v) is 3.77. The van der Waals surface area contributed by atoms with Gasteiger partial charge in [0, 0.05) is 25.5 Å². The van der Waals surface area contributed by atoms with Crippen LogP contribution in [0.1, 0.15) is 6.92 Å². The first-order valence-electron chi connectivity index (χ1n) is 4.54. The Balaban J connectivity index is 3.12. The summed E-state index contributed by atoms with van der Waals surface area (Å²) in [5.74, 6) is 0. The number of alkyl halides is 1. The summed E-state index contributed by atoms with van der Waals surface area (Å²) in [6.45, 7) is 2.24. The van der Waals surface area contributed by atoms with Crippen LogP contribution in [0.2, 0.25) is 5.02 Å². The lowest BCUT2D eigenvalue weighted by Crippen LogP contribution is -2.32. The number of nitrogens with zero attached hydrogens (tertiary/aromatic N) is 3. The largest absolute Gasteiger partial charge is 0.261 e. The molecule has 0 N–H and O–H groups in total. The maximum atomic E-state index is 12.1. The summed E-state index contributed by atoms with van der Waals surface area (Å²) in [4.78, 5) is 0.0688. The molecule has 0 amide bonds. The maximum absolute atomic E-state index is 12.1. The van der Waals surface area contributed by atoms with Crippen molar-refractivity contribution >= 4 is 37.6 Å². The van der Waals surface area contributed by atoms with Crippen molar-refractivity contribution in [3.8, 4) is 0 Å². The van der Waals surface area contributed by atoms with Crippen LogP contribution in [0.25, 0.3) is 0 Å². The minimum absolute atomic E-state index is 0.0183. The molecule has 16 heavy (non-hydrogen) atoms. The molecule has 0 aromatic carbocycles. The van der Waals surface area contributed by atoms with Gasteiger partial charge in [-0.3, -0.25) is 4.68 Å². The van der Waals surface area contributed by atoms with Crippen LogP contribution in [0.5, 0.6) is 0 Å². The topological polar surface area (TPSA) is 55.2 Å².